The standard InChI is InChI=1S/C30H17N3SSe2/c31-18-21(30-32-23-16-19-7-1-2-8-20(19)17-26(23)34-30)15-22-13-14-29(35-22)33-24-9-3-5-11-27(24)36-28-12-6-4-10-25(28)33/h1-17H/b21-15+. The summed E-state index contributed by atoms with van der Waals surface area (Å²) in [5.74, 6) is 0. The molecule has 0 radical (unpaired) electrons. The molecule has 6 aromatic rings. The first kappa shape index (κ1) is 21.8. The molecule has 4 aromatic carbocycles. The van der Waals surface area contributed by atoms with E-state index in [1.807, 2.05) is 12.1 Å². The van der Waals surface area contributed by atoms with Crippen molar-refractivity contribution in [1.82, 2.24) is 4.98 Å². The van der Waals surface area contributed by atoms with Gasteiger partial charge < -0.3 is 0 Å². The van der Waals surface area contributed by atoms with Crippen LogP contribution >= 0.6 is 11.3 Å². The summed E-state index contributed by atoms with van der Waals surface area (Å²) in [5, 5.41) is 13.2. The minimum absolute atomic E-state index is 0.0814. The number of fused-ring (bicyclic) bond motifs is 4. The second-order valence-electron chi connectivity index (χ2n) is 8.40. The van der Waals surface area contributed by atoms with Crippen molar-refractivity contribution in [2.24, 2.45) is 0 Å². The Morgan fingerprint density at radius 1 is 0.833 bits per heavy atom. The van der Waals surface area contributed by atoms with E-state index in [0.29, 0.717) is 20.5 Å². The Hall–Kier alpha value is -3.42. The number of aromatic nitrogens is 1. The summed E-state index contributed by atoms with van der Waals surface area (Å²) in [5.41, 5.74) is 4.14. The third kappa shape index (κ3) is 3.74. The van der Waals surface area contributed by atoms with Crippen LogP contribution in [0.25, 0.3) is 32.6 Å². The molecule has 170 valence electrons. The third-order valence-electron chi connectivity index (χ3n) is 6.16. The van der Waals surface area contributed by atoms with Gasteiger partial charge >= 0.3 is 226 Å². The third-order valence-corrected chi connectivity index (χ3v) is 11.7. The van der Waals surface area contributed by atoms with Crippen LogP contribution in [0.4, 0.5) is 15.9 Å². The number of para-hydroxylation sites is 2. The van der Waals surface area contributed by atoms with E-state index < -0.39 is 0 Å². The van der Waals surface area contributed by atoms with Crippen molar-refractivity contribution in [3.8, 4) is 6.07 Å². The molecule has 0 atom stereocenters. The van der Waals surface area contributed by atoms with Crippen LogP contribution in [0.2, 0.25) is 0 Å². The Kier molecular flexibility index (Phi) is 5.40. The van der Waals surface area contributed by atoms with Crippen molar-refractivity contribution in [1.29, 1.82) is 5.26 Å². The second-order valence-corrected chi connectivity index (χ2v) is 14.0. The summed E-state index contributed by atoms with van der Waals surface area (Å²) < 4.78 is 6.40. The van der Waals surface area contributed by atoms with Gasteiger partial charge in [0.1, 0.15) is 0 Å². The zero-order chi connectivity index (χ0) is 24.1. The fourth-order valence-electron chi connectivity index (χ4n) is 4.49. The van der Waals surface area contributed by atoms with Crippen LogP contribution in [-0.2, 0) is 0 Å². The number of nitriles is 1. The first-order valence-corrected chi connectivity index (χ1v) is 15.7. The molecule has 0 aliphatic carbocycles. The molecule has 0 N–H and O–H groups in total. The molecule has 0 amide bonds. The number of allylic oxidation sites excluding steroid dienone is 1. The minimum atomic E-state index is 0.0814. The molecule has 0 spiro atoms. The van der Waals surface area contributed by atoms with Crippen molar-refractivity contribution in [2.75, 3.05) is 4.90 Å². The molecule has 2 aromatic heterocycles. The number of nitrogens with zero attached hydrogens (tertiary/aromatic N) is 3. The van der Waals surface area contributed by atoms with Gasteiger partial charge in [-0.25, -0.2) is 0 Å². The number of hydrogen-bond acceptors (Lipinski definition) is 4. The van der Waals surface area contributed by atoms with Crippen LogP contribution in [0, 0.1) is 11.3 Å². The van der Waals surface area contributed by atoms with Gasteiger partial charge in [0.15, 0.2) is 0 Å². The Balaban J connectivity index is 1.29. The van der Waals surface area contributed by atoms with Crippen molar-refractivity contribution in [3.63, 3.8) is 0 Å². The van der Waals surface area contributed by atoms with Crippen molar-refractivity contribution < 1.29 is 0 Å². The molecule has 1 aliphatic heterocycles. The number of benzene rings is 4. The van der Waals surface area contributed by atoms with Crippen LogP contribution in [0.15, 0.2) is 97.1 Å². The summed E-state index contributed by atoms with van der Waals surface area (Å²) in [6.07, 6.45) is 2.03. The SMILES string of the molecule is N#C/C(=C\c1ccc(N2c3ccccc3[Se]c3ccccc32)[se]1)c1nc2cc3ccccc3cc2s1. The van der Waals surface area contributed by atoms with Gasteiger partial charge in [0.05, 0.1) is 0 Å². The molecule has 0 fully saturated rings. The number of anilines is 3. The Bertz CT molecular complexity index is 1760. The molecule has 1 aliphatic rings. The Labute approximate surface area is 224 Å². The molecule has 0 bridgehead atoms. The second kappa shape index (κ2) is 8.91. The summed E-state index contributed by atoms with van der Waals surface area (Å²) in [6, 6.07) is 36.9. The molecule has 6 heteroatoms. The number of thiazole rings is 1. The van der Waals surface area contributed by atoms with Crippen molar-refractivity contribution >= 4 is 98.3 Å². The van der Waals surface area contributed by atoms with Gasteiger partial charge in [-0.3, -0.25) is 0 Å². The van der Waals surface area contributed by atoms with Crippen LogP contribution in [0.1, 0.15) is 9.44 Å². The zero-order valence-corrected chi connectivity index (χ0v) is 23.1. The maximum atomic E-state index is 10.0. The molecule has 7 rings (SSSR count). The topological polar surface area (TPSA) is 39.9 Å². The average molecular weight is 609 g/mol. The van der Waals surface area contributed by atoms with Gasteiger partial charge in [-0.05, 0) is 0 Å². The van der Waals surface area contributed by atoms with Crippen molar-refractivity contribution in [3.05, 3.63) is 107 Å². The van der Waals surface area contributed by atoms with E-state index in [0.717, 1.165) is 15.2 Å². The van der Waals surface area contributed by atoms with E-state index in [4.69, 9.17) is 4.98 Å². The molecule has 36 heavy (non-hydrogen) atoms. The quantitative estimate of drug-likeness (QED) is 0.182. The van der Waals surface area contributed by atoms with Gasteiger partial charge in [-0.15, -0.1) is 0 Å². The molecule has 3 nitrogen and oxygen atoms in total. The van der Waals surface area contributed by atoms with E-state index in [-0.39, 0.29) is 14.5 Å². The summed E-state index contributed by atoms with van der Waals surface area (Å²) in [7, 11) is 0. The summed E-state index contributed by atoms with van der Waals surface area (Å²) in [6.45, 7) is 0. The molecule has 0 unspecified atom stereocenters. The Morgan fingerprint density at radius 2 is 1.50 bits per heavy atom. The van der Waals surface area contributed by atoms with Crippen LogP contribution in [0.3, 0.4) is 0 Å². The zero-order valence-electron chi connectivity index (χ0n) is 18.9. The first-order chi connectivity index (χ1) is 17.8. The van der Waals surface area contributed by atoms with Gasteiger partial charge in [0.2, 0.25) is 0 Å². The number of hydrogen-bond donors (Lipinski definition) is 0. The average Bonchev–Trinajstić information content (AvgIpc) is 3.55. The van der Waals surface area contributed by atoms with Gasteiger partial charge in [0, 0.05) is 0 Å². The van der Waals surface area contributed by atoms with Crippen LogP contribution in [0.5, 0.6) is 0 Å². The first-order valence-electron chi connectivity index (χ1n) is 11.4. The number of rotatable bonds is 3. The summed E-state index contributed by atoms with van der Waals surface area (Å²) in [4.78, 5) is 7.25. The normalized spacial score (nSPS) is 13.0. The maximum absolute atomic E-state index is 10.0. The van der Waals surface area contributed by atoms with Crippen LogP contribution in [-0.4, -0.2) is 34.4 Å². The van der Waals surface area contributed by atoms with E-state index in [1.54, 1.807) is 11.3 Å². The molecule has 3 heterocycles. The van der Waals surface area contributed by atoms with Crippen LogP contribution < -0.4 is 13.8 Å². The van der Waals surface area contributed by atoms with E-state index in [2.05, 4.69) is 102 Å². The molecule has 0 saturated carbocycles. The van der Waals surface area contributed by atoms with Crippen molar-refractivity contribution in [2.45, 2.75) is 0 Å². The molecular weight excluding hydrogens is 592 g/mol. The fraction of sp³-hybridized carbons (Fsp3) is 0. The fourth-order valence-corrected chi connectivity index (χ4v) is 9.73. The van der Waals surface area contributed by atoms with E-state index in [9.17, 15) is 5.26 Å². The molecular formula is C30H17N3SSe2. The van der Waals surface area contributed by atoms with Gasteiger partial charge in [0.25, 0.3) is 0 Å². The predicted molar refractivity (Wildman–Crippen MR) is 154 cm³/mol. The van der Waals surface area contributed by atoms with E-state index >= 15 is 0 Å². The predicted octanol–water partition coefficient (Wildman–Crippen LogP) is 6.01. The van der Waals surface area contributed by atoms with E-state index in [1.165, 1.54) is 40.1 Å². The summed E-state index contributed by atoms with van der Waals surface area (Å²) >= 11 is 1.98. The monoisotopic (exact) mass is 611 g/mol. The van der Waals surface area contributed by atoms with Gasteiger partial charge in [-0.1, -0.05) is 0 Å². The van der Waals surface area contributed by atoms with Gasteiger partial charge in [-0.2, -0.15) is 0 Å². The Morgan fingerprint density at radius 3 is 2.22 bits per heavy atom. The molecule has 0 saturated heterocycles.